The van der Waals surface area contributed by atoms with Gasteiger partial charge in [-0.3, -0.25) is 0 Å². The molecule has 3 aromatic carbocycles. The van der Waals surface area contributed by atoms with E-state index in [2.05, 4.69) is 49.9 Å². The minimum absolute atomic E-state index is 0.911. The van der Waals surface area contributed by atoms with Gasteiger partial charge in [0.1, 0.15) is 11.2 Å². The van der Waals surface area contributed by atoms with Gasteiger partial charge in [-0.05, 0) is 41.3 Å². The molecule has 0 aliphatic carbocycles. The molecule has 0 fully saturated rings. The van der Waals surface area contributed by atoms with Gasteiger partial charge in [-0.25, -0.2) is 0 Å². The van der Waals surface area contributed by atoms with Crippen LogP contribution in [-0.4, -0.2) is 0 Å². The van der Waals surface area contributed by atoms with E-state index in [9.17, 15) is 0 Å². The maximum Gasteiger partial charge on any atom is 0.136 e. The van der Waals surface area contributed by atoms with Gasteiger partial charge in [0.25, 0.3) is 0 Å². The highest BCUT2D eigenvalue weighted by Gasteiger charge is 2.14. The molecule has 0 saturated carbocycles. The Morgan fingerprint density at radius 3 is 2.32 bits per heavy atom. The third-order valence-electron chi connectivity index (χ3n) is 4.20. The number of aryl methyl sites for hydroxylation is 1. The van der Waals surface area contributed by atoms with Crippen LogP contribution in [0.2, 0.25) is 0 Å². The Balaban J connectivity index is 2.03. The van der Waals surface area contributed by atoms with Crippen molar-refractivity contribution < 1.29 is 4.42 Å². The summed E-state index contributed by atoms with van der Waals surface area (Å²) in [6.07, 6.45) is 0. The van der Waals surface area contributed by atoms with E-state index in [4.69, 9.17) is 4.42 Å². The molecule has 22 heavy (non-hydrogen) atoms. The van der Waals surface area contributed by atoms with E-state index in [1.807, 2.05) is 30.3 Å². The highest BCUT2D eigenvalue weighted by atomic mass is 16.3. The van der Waals surface area contributed by atoms with Crippen molar-refractivity contribution in [3.63, 3.8) is 0 Å². The summed E-state index contributed by atoms with van der Waals surface area (Å²) < 4.78 is 5.97. The van der Waals surface area contributed by atoms with Gasteiger partial charge in [0.15, 0.2) is 0 Å². The Kier molecular flexibility index (Phi) is 2.87. The van der Waals surface area contributed by atoms with Gasteiger partial charge in [-0.15, -0.1) is 0 Å². The molecule has 0 atom stereocenters. The Labute approximate surface area is 129 Å². The molecule has 4 aromatic rings. The van der Waals surface area contributed by atoms with E-state index in [0.717, 1.165) is 33.1 Å². The lowest BCUT2D eigenvalue weighted by molar-refractivity contribution is 0.669. The van der Waals surface area contributed by atoms with Gasteiger partial charge in [0.05, 0.1) is 0 Å². The molecular weight excluding hydrogens is 268 g/mol. The number of para-hydroxylation sites is 1. The van der Waals surface area contributed by atoms with E-state index in [0.29, 0.717) is 0 Å². The average molecular weight is 284 g/mol. The number of fused-ring (bicyclic) bond motifs is 3. The summed E-state index contributed by atoms with van der Waals surface area (Å²) in [5, 5.41) is 2.29. The fourth-order valence-corrected chi connectivity index (χ4v) is 3.08. The van der Waals surface area contributed by atoms with Crippen molar-refractivity contribution in [3.05, 3.63) is 90.0 Å². The monoisotopic (exact) mass is 284 g/mol. The SMILES string of the molecule is C=C(c1ccccc1C)c1cccc2oc3ccccc3c12. The zero-order valence-electron chi connectivity index (χ0n) is 12.5. The Hall–Kier alpha value is -2.80. The Bertz CT molecular complexity index is 1000. The van der Waals surface area contributed by atoms with Crippen LogP contribution in [0.1, 0.15) is 16.7 Å². The van der Waals surface area contributed by atoms with Crippen molar-refractivity contribution in [2.45, 2.75) is 6.92 Å². The molecule has 4 rings (SSSR count). The van der Waals surface area contributed by atoms with Gasteiger partial charge < -0.3 is 4.42 Å². The van der Waals surface area contributed by atoms with Crippen LogP contribution in [0, 0.1) is 6.92 Å². The van der Waals surface area contributed by atoms with Crippen LogP contribution in [0.25, 0.3) is 27.5 Å². The molecule has 0 spiro atoms. The van der Waals surface area contributed by atoms with Crippen LogP contribution < -0.4 is 0 Å². The topological polar surface area (TPSA) is 13.1 Å². The zero-order chi connectivity index (χ0) is 15.1. The van der Waals surface area contributed by atoms with Crippen molar-refractivity contribution in [1.82, 2.24) is 0 Å². The summed E-state index contributed by atoms with van der Waals surface area (Å²) in [5.41, 5.74) is 6.42. The molecule has 1 aromatic heterocycles. The van der Waals surface area contributed by atoms with E-state index in [-0.39, 0.29) is 0 Å². The summed E-state index contributed by atoms with van der Waals surface area (Å²) in [4.78, 5) is 0. The van der Waals surface area contributed by atoms with Crippen molar-refractivity contribution >= 4 is 27.5 Å². The quantitative estimate of drug-likeness (QED) is 0.443. The van der Waals surface area contributed by atoms with Gasteiger partial charge >= 0.3 is 0 Å². The van der Waals surface area contributed by atoms with E-state index in [1.165, 1.54) is 11.1 Å². The molecule has 0 saturated heterocycles. The minimum atomic E-state index is 0.911. The van der Waals surface area contributed by atoms with Gasteiger partial charge in [0.2, 0.25) is 0 Å². The van der Waals surface area contributed by atoms with Crippen LogP contribution in [0.4, 0.5) is 0 Å². The molecule has 0 bridgehead atoms. The second kappa shape index (κ2) is 4.88. The second-order valence-corrected chi connectivity index (χ2v) is 5.57. The van der Waals surface area contributed by atoms with Gasteiger partial charge in [-0.1, -0.05) is 61.2 Å². The highest BCUT2D eigenvalue weighted by molar-refractivity contribution is 6.11. The molecule has 0 radical (unpaired) electrons. The number of rotatable bonds is 2. The standard InChI is InChI=1S/C21H16O/c1-14-8-3-4-9-16(14)15(2)17-11-7-13-20-21(17)18-10-5-6-12-19(18)22-20/h3-13H,2H2,1H3. The molecule has 1 heteroatoms. The predicted molar refractivity (Wildman–Crippen MR) is 93.0 cm³/mol. The first-order valence-corrected chi connectivity index (χ1v) is 7.41. The number of furan rings is 1. The zero-order valence-corrected chi connectivity index (χ0v) is 12.5. The molecule has 0 aliphatic rings. The summed E-state index contributed by atoms with van der Waals surface area (Å²) in [6, 6.07) is 22.7. The first kappa shape index (κ1) is 12.9. The second-order valence-electron chi connectivity index (χ2n) is 5.57. The van der Waals surface area contributed by atoms with E-state index < -0.39 is 0 Å². The third-order valence-corrected chi connectivity index (χ3v) is 4.20. The van der Waals surface area contributed by atoms with Crippen LogP contribution in [0.3, 0.4) is 0 Å². The highest BCUT2D eigenvalue weighted by Crippen LogP contribution is 2.36. The first-order chi connectivity index (χ1) is 10.8. The predicted octanol–water partition coefficient (Wildman–Crippen LogP) is 5.96. The van der Waals surface area contributed by atoms with Crippen LogP contribution >= 0.6 is 0 Å². The van der Waals surface area contributed by atoms with E-state index in [1.54, 1.807) is 0 Å². The lowest BCUT2D eigenvalue weighted by atomic mass is 9.93. The van der Waals surface area contributed by atoms with Crippen molar-refractivity contribution in [2.24, 2.45) is 0 Å². The number of hydrogen-bond acceptors (Lipinski definition) is 1. The van der Waals surface area contributed by atoms with Gasteiger partial charge in [-0.2, -0.15) is 0 Å². The molecule has 0 amide bonds. The van der Waals surface area contributed by atoms with Crippen molar-refractivity contribution in [2.75, 3.05) is 0 Å². The van der Waals surface area contributed by atoms with Crippen molar-refractivity contribution in [3.8, 4) is 0 Å². The fourth-order valence-electron chi connectivity index (χ4n) is 3.08. The summed E-state index contributed by atoms with van der Waals surface area (Å²) in [7, 11) is 0. The van der Waals surface area contributed by atoms with Gasteiger partial charge in [0, 0.05) is 10.8 Å². The smallest absolute Gasteiger partial charge is 0.136 e. The molecular formula is C21H16O. The third kappa shape index (κ3) is 1.86. The summed E-state index contributed by atoms with van der Waals surface area (Å²) in [6.45, 7) is 6.47. The Morgan fingerprint density at radius 1 is 0.773 bits per heavy atom. The molecule has 1 nitrogen and oxygen atoms in total. The maximum atomic E-state index is 5.97. The van der Waals surface area contributed by atoms with Crippen molar-refractivity contribution in [1.29, 1.82) is 0 Å². The Morgan fingerprint density at radius 2 is 1.45 bits per heavy atom. The minimum Gasteiger partial charge on any atom is -0.456 e. The lowest BCUT2D eigenvalue weighted by Crippen LogP contribution is -1.90. The fraction of sp³-hybridized carbons (Fsp3) is 0.0476. The van der Waals surface area contributed by atoms with Crippen LogP contribution in [-0.2, 0) is 0 Å². The normalized spacial score (nSPS) is 11.1. The summed E-state index contributed by atoms with van der Waals surface area (Å²) >= 11 is 0. The molecule has 0 aliphatic heterocycles. The molecule has 1 heterocycles. The number of hydrogen-bond donors (Lipinski definition) is 0. The average Bonchev–Trinajstić information content (AvgIpc) is 2.93. The largest absolute Gasteiger partial charge is 0.456 e. The maximum absolute atomic E-state index is 5.97. The molecule has 0 unspecified atom stereocenters. The van der Waals surface area contributed by atoms with Crippen LogP contribution in [0.5, 0.6) is 0 Å². The molecule has 0 N–H and O–H groups in total. The first-order valence-electron chi connectivity index (χ1n) is 7.41. The number of benzene rings is 3. The summed E-state index contributed by atoms with van der Waals surface area (Å²) in [5.74, 6) is 0. The van der Waals surface area contributed by atoms with Crippen LogP contribution in [0.15, 0.2) is 77.7 Å². The van der Waals surface area contributed by atoms with E-state index >= 15 is 0 Å². The lowest BCUT2D eigenvalue weighted by Gasteiger charge is -2.10. The molecule has 106 valence electrons.